The second-order valence-electron chi connectivity index (χ2n) is 3.70. The van der Waals surface area contributed by atoms with Crippen molar-refractivity contribution in [3.63, 3.8) is 0 Å². The standard InChI is InChI=1S/C11H13N3O/c1-2-5-14-8-9(13-11(14)3-1)10-7-12-4-6-15-10/h1-3,5,8,10,12H,4,6-7H2. The molecule has 0 radical (unpaired) electrons. The highest BCUT2D eigenvalue weighted by Crippen LogP contribution is 2.18. The molecule has 2 aromatic heterocycles. The van der Waals surface area contributed by atoms with Gasteiger partial charge in [-0.15, -0.1) is 0 Å². The van der Waals surface area contributed by atoms with Crippen LogP contribution in [0.4, 0.5) is 0 Å². The molecular weight excluding hydrogens is 190 g/mol. The molecule has 1 fully saturated rings. The summed E-state index contributed by atoms with van der Waals surface area (Å²) in [6.45, 7) is 2.55. The number of morpholine rings is 1. The average Bonchev–Trinajstić information content (AvgIpc) is 2.74. The van der Waals surface area contributed by atoms with Crippen LogP contribution in [0.15, 0.2) is 30.6 Å². The lowest BCUT2D eigenvalue weighted by Gasteiger charge is -2.21. The van der Waals surface area contributed by atoms with E-state index in [-0.39, 0.29) is 6.10 Å². The van der Waals surface area contributed by atoms with Crippen LogP contribution in [0.3, 0.4) is 0 Å². The first-order chi connectivity index (χ1) is 7.43. The minimum Gasteiger partial charge on any atom is -0.369 e. The second kappa shape index (κ2) is 3.64. The van der Waals surface area contributed by atoms with Crippen molar-refractivity contribution in [2.24, 2.45) is 0 Å². The molecule has 1 aliphatic heterocycles. The quantitative estimate of drug-likeness (QED) is 0.751. The summed E-state index contributed by atoms with van der Waals surface area (Å²) in [5.74, 6) is 0. The SMILES string of the molecule is c1ccn2cc(C3CNCCO3)nc2c1. The van der Waals surface area contributed by atoms with Crippen LogP contribution in [0.5, 0.6) is 0 Å². The molecule has 15 heavy (non-hydrogen) atoms. The Kier molecular flexibility index (Phi) is 2.16. The van der Waals surface area contributed by atoms with Gasteiger partial charge in [0.15, 0.2) is 0 Å². The first-order valence-electron chi connectivity index (χ1n) is 5.19. The third-order valence-electron chi connectivity index (χ3n) is 2.64. The van der Waals surface area contributed by atoms with Crippen molar-refractivity contribution in [2.45, 2.75) is 6.10 Å². The zero-order valence-corrected chi connectivity index (χ0v) is 8.39. The molecule has 0 aliphatic carbocycles. The number of nitrogens with one attached hydrogen (secondary N) is 1. The zero-order valence-electron chi connectivity index (χ0n) is 8.39. The Morgan fingerprint density at radius 1 is 1.47 bits per heavy atom. The van der Waals surface area contributed by atoms with Gasteiger partial charge in [-0.1, -0.05) is 6.07 Å². The maximum Gasteiger partial charge on any atom is 0.137 e. The summed E-state index contributed by atoms with van der Waals surface area (Å²) in [6.07, 6.45) is 4.13. The average molecular weight is 203 g/mol. The molecule has 2 aromatic rings. The van der Waals surface area contributed by atoms with Crippen molar-refractivity contribution >= 4 is 5.65 Å². The monoisotopic (exact) mass is 203 g/mol. The molecule has 1 saturated heterocycles. The number of pyridine rings is 1. The van der Waals surface area contributed by atoms with Crippen molar-refractivity contribution in [1.82, 2.24) is 14.7 Å². The van der Waals surface area contributed by atoms with Gasteiger partial charge in [0.25, 0.3) is 0 Å². The van der Waals surface area contributed by atoms with Crippen LogP contribution in [-0.2, 0) is 4.74 Å². The van der Waals surface area contributed by atoms with Gasteiger partial charge in [0, 0.05) is 25.5 Å². The molecule has 1 atom stereocenters. The van der Waals surface area contributed by atoms with E-state index in [2.05, 4.69) is 10.3 Å². The molecule has 3 heterocycles. The molecule has 1 aliphatic rings. The predicted molar refractivity (Wildman–Crippen MR) is 56.8 cm³/mol. The van der Waals surface area contributed by atoms with Gasteiger partial charge in [-0.05, 0) is 12.1 Å². The van der Waals surface area contributed by atoms with Crippen LogP contribution >= 0.6 is 0 Å². The van der Waals surface area contributed by atoms with E-state index in [9.17, 15) is 0 Å². The predicted octanol–water partition coefficient (Wildman–Crippen LogP) is 0.995. The van der Waals surface area contributed by atoms with Gasteiger partial charge in [-0.3, -0.25) is 0 Å². The molecule has 1 unspecified atom stereocenters. The first-order valence-corrected chi connectivity index (χ1v) is 5.19. The van der Waals surface area contributed by atoms with E-state index >= 15 is 0 Å². The highest BCUT2D eigenvalue weighted by Gasteiger charge is 2.18. The van der Waals surface area contributed by atoms with Crippen molar-refractivity contribution in [1.29, 1.82) is 0 Å². The first kappa shape index (κ1) is 8.88. The van der Waals surface area contributed by atoms with Crippen LogP contribution in [0.2, 0.25) is 0 Å². The molecule has 0 amide bonds. The van der Waals surface area contributed by atoms with E-state index in [1.807, 2.05) is 35.0 Å². The van der Waals surface area contributed by atoms with Crippen molar-refractivity contribution in [2.75, 3.05) is 19.7 Å². The molecule has 4 nitrogen and oxygen atoms in total. The van der Waals surface area contributed by atoms with E-state index in [0.717, 1.165) is 31.0 Å². The van der Waals surface area contributed by atoms with Gasteiger partial charge in [0.2, 0.25) is 0 Å². The van der Waals surface area contributed by atoms with Gasteiger partial charge in [0.1, 0.15) is 11.8 Å². The number of rotatable bonds is 1. The molecule has 4 heteroatoms. The van der Waals surface area contributed by atoms with Crippen LogP contribution in [0.25, 0.3) is 5.65 Å². The lowest BCUT2D eigenvalue weighted by atomic mass is 10.2. The summed E-state index contributed by atoms with van der Waals surface area (Å²) in [7, 11) is 0. The third kappa shape index (κ3) is 1.62. The van der Waals surface area contributed by atoms with E-state index in [1.165, 1.54) is 0 Å². The third-order valence-corrected chi connectivity index (χ3v) is 2.64. The molecule has 0 saturated carbocycles. The summed E-state index contributed by atoms with van der Waals surface area (Å²) in [4.78, 5) is 4.53. The molecule has 0 aromatic carbocycles. The van der Waals surface area contributed by atoms with E-state index in [0.29, 0.717) is 0 Å². The molecule has 78 valence electrons. The fourth-order valence-corrected chi connectivity index (χ4v) is 1.86. The summed E-state index contributed by atoms with van der Waals surface area (Å²) in [5, 5.41) is 3.30. The summed E-state index contributed by atoms with van der Waals surface area (Å²) >= 11 is 0. The van der Waals surface area contributed by atoms with E-state index < -0.39 is 0 Å². The van der Waals surface area contributed by atoms with Crippen molar-refractivity contribution in [3.05, 3.63) is 36.3 Å². The van der Waals surface area contributed by atoms with Gasteiger partial charge >= 0.3 is 0 Å². The maximum absolute atomic E-state index is 5.66. The number of imidazole rings is 1. The summed E-state index contributed by atoms with van der Waals surface area (Å²) in [6, 6.07) is 5.99. The maximum atomic E-state index is 5.66. The molecule has 1 N–H and O–H groups in total. The fourth-order valence-electron chi connectivity index (χ4n) is 1.86. The number of hydrogen-bond donors (Lipinski definition) is 1. The summed E-state index contributed by atoms with van der Waals surface area (Å²) < 4.78 is 7.68. The van der Waals surface area contributed by atoms with Crippen LogP contribution in [0.1, 0.15) is 11.8 Å². The van der Waals surface area contributed by atoms with Crippen LogP contribution in [0, 0.1) is 0 Å². The van der Waals surface area contributed by atoms with E-state index in [1.54, 1.807) is 0 Å². The Balaban J connectivity index is 1.96. The topological polar surface area (TPSA) is 38.6 Å². The van der Waals surface area contributed by atoms with Crippen LogP contribution in [-0.4, -0.2) is 29.1 Å². The number of ether oxygens (including phenoxy) is 1. The van der Waals surface area contributed by atoms with Crippen molar-refractivity contribution in [3.8, 4) is 0 Å². The second-order valence-corrected chi connectivity index (χ2v) is 3.70. The zero-order chi connectivity index (χ0) is 10.1. The highest BCUT2D eigenvalue weighted by atomic mass is 16.5. The Hall–Kier alpha value is -1.39. The van der Waals surface area contributed by atoms with Gasteiger partial charge < -0.3 is 14.5 Å². The van der Waals surface area contributed by atoms with Crippen molar-refractivity contribution < 1.29 is 4.74 Å². The van der Waals surface area contributed by atoms with E-state index in [4.69, 9.17) is 4.74 Å². The van der Waals surface area contributed by atoms with Gasteiger partial charge in [-0.25, -0.2) is 4.98 Å². The summed E-state index contributed by atoms with van der Waals surface area (Å²) in [5.41, 5.74) is 1.98. The lowest BCUT2D eigenvalue weighted by molar-refractivity contribution is 0.0253. The molecular formula is C11H13N3O. The minimum atomic E-state index is 0.0960. The van der Waals surface area contributed by atoms with Gasteiger partial charge in [-0.2, -0.15) is 0 Å². The lowest BCUT2D eigenvalue weighted by Crippen LogP contribution is -2.33. The Labute approximate surface area is 87.9 Å². The molecule has 3 rings (SSSR count). The number of aromatic nitrogens is 2. The van der Waals surface area contributed by atoms with Crippen LogP contribution < -0.4 is 5.32 Å². The molecule has 0 bridgehead atoms. The normalized spacial score (nSPS) is 22.0. The smallest absolute Gasteiger partial charge is 0.137 e. The number of hydrogen-bond acceptors (Lipinski definition) is 3. The largest absolute Gasteiger partial charge is 0.369 e. The molecule has 0 spiro atoms. The van der Waals surface area contributed by atoms with Gasteiger partial charge in [0.05, 0.1) is 12.3 Å². The highest BCUT2D eigenvalue weighted by molar-refractivity contribution is 5.39. The Morgan fingerprint density at radius 3 is 3.27 bits per heavy atom. The Bertz CT molecular complexity index is 427. The number of nitrogens with zero attached hydrogens (tertiary/aromatic N) is 2. The number of fused-ring (bicyclic) bond motifs is 1. The minimum absolute atomic E-state index is 0.0960. The Morgan fingerprint density at radius 2 is 2.47 bits per heavy atom. The fraction of sp³-hybridized carbons (Fsp3) is 0.364.